The van der Waals surface area contributed by atoms with E-state index in [0.717, 1.165) is 5.56 Å². The highest BCUT2D eigenvalue weighted by molar-refractivity contribution is 6.02. The molecule has 2 rings (SSSR count). The Hall–Kier alpha value is -2.82. The van der Waals surface area contributed by atoms with Gasteiger partial charge in [-0.25, -0.2) is 4.79 Å². The minimum Gasteiger partial charge on any atom is -0.481 e. The molecule has 0 aliphatic heterocycles. The van der Waals surface area contributed by atoms with Crippen LogP contribution >= 0.6 is 0 Å². The summed E-state index contributed by atoms with van der Waals surface area (Å²) in [4.78, 5) is 24.3. The van der Waals surface area contributed by atoms with Crippen molar-refractivity contribution in [3.8, 4) is 5.75 Å². The van der Waals surface area contributed by atoms with E-state index in [4.69, 9.17) is 9.47 Å². The summed E-state index contributed by atoms with van der Waals surface area (Å²) in [5, 5.41) is 2.72. The number of ether oxygens (including phenoxy) is 2. The first kappa shape index (κ1) is 17.5. The maximum Gasteiger partial charge on any atom is 0.340 e. The molecule has 5 nitrogen and oxygen atoms in total. The van der Waals surface area contributed by atoms with Gasteiger partial charge < -0.3 is 14.8 Å². The topological polar surface area (TPSA) is 64.6 Å². The predicted octanol–water partition coefficient (Wildman–Crippen LogP) is 3.58. The van der Waals surface area contributed by atoms with Crippen LogP contribution in [0.1, 0.15) is 29.8 Å². The molecule has 0 saturated heterocycles. The smallest absolute Gasteiger partial charge is 0.340 e. The number of anilines is 1. The van der Waals surface area contributed by atoms with Crippen molar-refractivity contribution in [2.24, 2.45) is 0 Å². The molecule has 1 amide bonds. The average Bonchev–Trinajstić information content (AvgIpc) is 2.55. The van der Waals surface area contributed by atoms with E-state index in [9.17, 15) is 9.59 Å². The molecule has 5 heteroatoms. The average molecular weight is 327 g/mol. The van der Waals surface area contributed by atoms with Crippen molar-refractivity contribution in [2.75, 3.05) is 11.9 Å². The molecular weight excluding hydrogens is 306 g/mol. The minimum atomic E-state index is -0.706. The number of para-hydroxylation sites is 1. The quantitative estimate of drug-likeness (QED) is 0.824. The Morgan fingerprint density at radius 3 is 2.58 bits per heavy atom. The number of carbonyl (C=O) groups is 2. The van der Waals surface area contributed by atoms with Gasteiger partial charge in [-0.3, -0.25) is 4.79 Å². The Balaban J connectivity index is 2.08. The lowest BCUT2D eigenvalue weighted by molar-refractivity contribution is -0.122. The van der Waals surface area contributed by atoms with Crippen molar-refractivity contribution in [3.63, 3.8) is 0 Å². The second-order valence-electron chi connectivity index (χ2n) is 5.33. The number of rotatable bonds is 6. The summed E-state index contributed by atoms with van der Waals surface area (Å²) < 4.78 is 10.6. The first-order chi connectivity index (χ1) is 11.5. The number of nitrogens with one attached hydrogen (secondary N) is 1. The molecule has 0 aliphatic carbocycles. The Kier molecular flexibility index (Phi) is 5.95. The van der Waals surface area contributed by atoms with Crippen LogP contribution in [-0.4, -0.2) is 24.6 Å². The number of benzene rings is 2. The van der Waals surface area contributed by atoms with Gasteiger partial charge in [0, 0.05) is 0 Å². The van der Waals surface area contributed by atoms with Crippen LogP contribution in [0.25, 0.3) is 0 Å². The molecule has 2 aromatic rings. The molecule has 0 aromatic heterocycles. The molecular formula is C19H21NO4. The number of carbonyl (C=O) groups excluding carboxylic acids is 2. The lowest BCUT2D eigenvalue weighted by Crippen LogP contribution is -2.30. The van der Waals surface area contributed by atoms with Crippen LogP contribution in [0.3, 0.4) is 0 Å². The van der Waals surface area contributed by atoms with Crippen LogP contribution in [-0.2, 0) is 9.53 Å². The van der Waals surface area contributed by atoms with Gasteiger partial charge in [0.1, 0.15) is 5.75 Å². The van der Waals surface area contributed by atoms with Gasteiger partial charge in [-0.05, 0) is 50.6 Å². The normalized spacial score (nSPS) is 11.5. The van der Waals surface area contributed by atoms with Gasteiger partial charge in [0.2, 0.25) is 0 Å². The van der Waals surface area contributed by atoms with E-state index in [1.54, 1.807) is 44.2 Å². The van der Waals surface area contributed by atoms with Crippen molar-refractivity contribution in [2.45, 2.75) is 26.9 Å². The van der Waals surface area contributed by atoms with Gasteiger partial charge in [0.25, 0.3) is 5.91 Å². The summed E-state index contributed by atoms with van der Waals surface area (Å²) in [6.45, 7) is 5.61. The number of amides is 1. The number of esters is 1. The SMILES string of the molecule is CCOC(=O)c1ccccc1NC(=O)[C@H](C)Oc1cccc(C)c1. The van der Waals surface area contributed by atoms with E-state index in [2.05, 4.69) is 5.32 Å². The molecule has 0 unspecified atom stereocenters. The number of aryl methyl sites for hydroxylation is 1. The van der Waals surface area contributed by atoms with E-state index < -0.39 is 12.1 Å². The van der Waals surface area contributed by atoms with E-state index in [1.807, 2.05) is 25.1 Å². The zero-order chi connectivity index (χ0) is 17.5. The fourth-order valence-electron chi connectivity index (χ4n) is 2.16. The minimum absolute atomic E-state index is 0.272. The molecule has 0 heterocycles. The van der Waals surface area contributed by atoms with Gasteiger partial charge in [-0.1, -0.05) is 24.3 Å². The molecule has 0 bridgehead atoms. The molecule has 0 radical (unpaired) electrons. The fourth-order valence-corrected chi connectivity index (χ4v) is 2.16. The molecule has 1 N–H and O–H groups in total. The third kappa shape index (κ3) is 4.59. The zero-order valence-corrected chi connectivity index (χ0v) is 14.0. The molecule has 2 aromatic carbocycles. The molecule has 1 atom stereocenters. The largest absolute Gasteiger partial charge is 0.481 e. The maximum atomic E-state index is 12.3. The van der Waals surface area contributed by atoms with Crippen molar-refractivity contribution < 1.29 is 19.1 Å². The highest BCUT2D eigenvalue weighted by Crippen LogP contribution is 2.18. The first-order valence-electron chi connectivity index (χ1n) is 7.81. The van der Waals surface area contributed by atoms with Gasteiger partial charge in [-0.2, -0.15) is 0 Å². The Labute approximate surface area is 141 Å². The molecule has 0 fully saturated rings. The van der Waals surface area contributed by atoms with Crippen LogP contribution in [0, 0.1) is 6.92 Å². The van der Waals surface area contributed by atoms with Crippen LogP contribution in [0.15, 0.2) is 48.5 Å². The Morgan fingerprint density at radius 1 is 1.12 bits per heavy atom. The summed E-state index contributed by atoms with van der Waals surface area (Å²) in [5.41, 5.74) is 1.77. The summed E-state index contributed by atoms with van der Waals surface area (Å²) in [5.74, 6) is -0.190. The lowest BCUT2D eigenvalue weighted by atomic mass is 10.1. The van der Waals surface area contributed by atoms with Crippen molar-refractivity contribution in [1.29, 1.82) is 0 Å². The van der Waals surface area contributed by atoms with E-state index in [1.165, 1.54) is 0 Å². The standard InChI is InChI=1S/C19H21NO4/c1-4-23-19(22)16-10-5-6-11-17(16)20-18(21)14(3)24-15-9-7-8-13(2)12-15/h5-12,14H,4H2,1-3H3,(H,20,21)/t14-/m0/s1. The van der Waals surface area contributed by atoms with E-state index >= 15 is 0 Å². The van der Waals surface area contributed by atoms with Crippen LogP contribution in [0.4, 0.5) is 5.69 Å². The van der Waals surface area contributed by atoms with Gasteiger partial charge in [0.05, 0.1) is 17.9 Å². The highest BCUT2D eigenvalue weighted by atomic mass is 16.5. The predicted molar refractivity (Wildman–Crippen MR) is 92.3 cm³/mol. The molecule has 126 valence electrons. The summed E-state index contributed by atoms with van der Waals surface area (Å²) in [7, 11) is 0. The molecule has 24 heavy (non-hydrogen) atoms. The lowest BCUT2D eigenvalue weighted by Gasteiger charge is -2.16. The van der Waals surface area contributed by atoms with E-state index in [0.29, 0.717) is 17.0 Å². The van der Waals surface area contributed by atoms with Gasteiger partial charge >= 0.3 is 5.97 Å². The molecule has 0 aliphatic rings. The Bertz CT molecular complexity index is 727. The summed E-state index contributed by atoms with van der Waals surface area (Å²) in [6, 6.07) is 14.2. The third-order valence-electron chi connectivity index (χ3n) is 3.35. The van der Waals surface area contributed by atoms with Crippen LogP contribution < -0.4 is 10.1 Å². The fraction of sp³-hybridized carbons (Fsp3) is 0.263. The zero-order valence-electron chi connectivity index (χ0n) is 14.0. The van der Waals surface area contributed by atoms with Crippen LogP contribution in [0.5, 0.6) is 5.75 Å². The van der Waals surface area contributed by atoms with Crippen molar-refractivity contribution >= 4 is 17.6 Å². The first-order valence-corrected chi connectivity index (χ1v) is 7.81. The Morgan fingerprint density at radius 2 is 1.88 bits per heavy atom. The summed E-state index contributed by atoms with van der Waals surface area (Å²) >= 11 is 0. The van der Waals surface area contributed by atoms with Crippen molar-refractivity contribution in [1.82, 2.24) is 0 Å². The monoisotopic (exact) mass is 327 g/mol. The van der Waals surface area contributed by atoms with Crippen molar-refractivity contribution in [3.05, 3.63) is 59.7 Å². The van der Waals surface area contributed by atoms with E-state index in [-0.39, 0.29) is 12.5 Å². The second-order valence-corrected chi connectivity index (χ2v) is 5.33. The second kappa shape index (κ2) is 8.15. The maximum absolute atomic E-state index is 12.3. The number of hydrogen-bond donors (Lipinski definition) is 1. The van der Waals surface area contributed by atoms with Gasteiger partial charge in [0.15, 0.2) is 6.10 Å². The van der Waals surface area contributed by atoms with Gasteiger partial charge in [-0.15, -0.1) is 0 Å². The molecule has 0 spiro atoms. The highest BCUT2D eigenvalue weighted by Gasteiger charge is 2.18. The number of hydrogen-bond acceptors (Lipinski definition) is 4. The van der Waals surface area contributed by atoms with Crippen LogP contribution in [0.2, 0.25) is 0 Å². The third-order valence-corrected chi connectivity index (χ3v) is 3.35. The summed E-state index contributed by atoms with van der Waals surface area (Å²) in [6.07, 6.45) is -0.706. The molecule has 0 saturated carbocycles.